The number of hydrogen-bond acceptors (Lipinski definition) is 9. The second kappa shape index (κ2) is 12.5. The lowest BCUT2D eigenvalue weighted by Crippen LogP contribution is -2.28. The Labute approximate surface area is 243 Å². The maximum absolute atomic E-state index is 14.9. The van der Waals surface area contributed by atoms with Crippen molar-refractivity contribution in [2.45, 2.75) is 44.3 Å². The van der Waals surface area contributed by atoms with Gasteiger partial charge in [-0.05, 0) is 37.0 Å². The summed E-state index contributed by atoms with van der Waals surface area (Å²) < 4.78 is 71.8. The molecule has 228 valence electrons. The van der Waals surface area contributed by atoms with E-state index in [1.54, 1.807) is 24.1 Å². The number of rotatable bonds is 13. The van der Waals surface area contributed by atoms with Gasteiger partial charge in [-0.1, -0.05) is 17.3 Å². The van der Waals surface area contributed by atoms with Gasteiger partial charge in [0.1, 0.15) is 11.2 Å². The molecule has 3 aromatic heterocycles. The fourth-order valence-electron chi connectivity index (χ4n) is 4.44. The molecule has 1 aromatic carbocycles. The first-order chi connectivity index (χ1) is 20.6. The van der Waals surface area contributed by atoms with Gasteiger partial charge in [-0.3, -0.25) is 9.48 Å². The Morgan fingerprint density at radius 2 is 1.86 bits per heavy atom. The number of halogens is 4. The molecular weight excluding hydrogens is 574 g/mol. The summed E-state index contributed by atoms with van der Waals surface area (Å²) in [7, 11) is 1.61. The monoisotopic (exact) mass is 603 g/mol. The minimum atomic E-state index is -4.47. The Morgan fingerprint density at radius 3 is 2.53 bits per heavy atom. The van der Waals surface area contributed by atoms with Crippen LogP contribution in [0.3, 0.4) is 0 Å². The van der Waals surface area contributed by atoms with Crippen LogP contribution < -0.4 is 10.6 Å². The van der Waals surface area contributed by atoms with E-state index in [9.17, 15) is 22.4 Å². The molecule has 0 unspecified atom stereocenters. The normalized spacial score (nSPS) is 14.1. The van der Waals surface area contributed by atoms with E-state index < -0.39 is 23.3 Å². The molecule has 43 heavy (non-hydrogen) atoms. The van der Waals surface area contributed by atoms with Crippen LogP contribution in [0.5, 0.6) is 0 Å². The summed E-state index contributed by atoms with van der Waals surface area (Å²) in [5.74, 6) is -1.47. The molecule has 1 aliphatic rings. The predicted molar refractivity (Wildman–Crippen MR) is 146 cm³/mol. The third-order valence-electron chi connectivity index (χ3n) is 7.16. The molecule has 15 heteroatoms. The third kappa shape index (κ3) is 6.83. The summed E-state index contributed by atoms with van der Waals surface area (Å²) in [6.07, 6.45) is -0.281. The largest absolute Gasteiger partial charge is 0.401 e. The smallest absolute Gasteiger partial charge is 0.382 e. The van der Waals surface area contributed by atoms with Crippen molar-refractivity contribution in [3.8, 4) is 11.1 Å². The van der Waals surface area contributed by atoms with Crippen LogP contribution in [0, 0.1) is 12.7 Å². The second-order valence-corrected chi connectivity index (χ2v) is 10.1. The topological polar surface area (TPSA) is 129 Å². The Balaban J connectivity index is 1.16. The van der Waals surface area contributed by atoms with E-state index in [1.165, 1.54) is 24.5 Å². The van der Waals surface area contributed by atoms with Gasteiger partial charge in [0.25, 0.3) is 0 Å². The van der Waals surface area contributed by atoms with E-state index in [-0.39, 0.29) is 36.4 Å². The lowest BCUT2D eigenvalue weighted by atomic mass is 10.0. The molecule has 5 rings (SSSR count). The van der Waals surface area contributed by atoms with Crippen molar-refractivity contribution in [2.24, 2.45) is 0 Å². The average molecular weight is 604 g/mol. The highest BCUT2D eigenvalue weighted by Crippen LogP contribution is 2.59. The minimum Gasteiger partial charge on any atom is -0.382 e. The fraction of sp³-hybridized carbons (Fsp3) is 0.393. The fourth-order valence-corrected chi connectivity index (χ4v) is 4.44. The molecule has 11 nitrogen and oxygen atoms in total. The van der Waals surface area contributed by atoms with Gasteiger partial charge in [0.15, 0.2) is 11.6 Å². The first-order valence-electron chi connectivity index (χ1n) is 13.4. The van der Waals surface area contributed by atoms with Gasteiger partial charge >= 0.3 is 6.18 Å². The summed E-state index contributed by atoms with van der Waals surface area (Å²) in [6, 6.07) is 5.38. The number of aromatic nitrogens is 5. The number of amides is 1. The molecule has 1 saturated carbocycles. The zero-order chi connectivity index (χ0) is 30.6. The molecule has 1 aliphatic carbocycles. The molecule has 0 saturated heterocycles. The lowest BCUT2D eigenvalue weighted by molar-refractivity contribution is -0.165. The Kier molecular flexibility index (Phi) is 8.73. The van der Waals surface area contributed by atoms with Crippen LogP contribution in [0.15, 0.2) is 47.4 Å². The molecule has 0 spiro atoms. The van der Waals surface area contributed by atoms with Gasteiger partial charge in [-0.2, -0.15) is 18.3 Å². The summed E-state index contributed by atoms with van der Waals surface area (Å²) in [5, 5.41) is 13.3. The number of methoxy groups -OCH3 is 1. The maximum atomic E-state index is 14.9. The number of anilines is 3. The highest BCUT2D eigenvalue weighted by molar-refractivity contribution is 5.91. The Hall–Kier alpha value is -4.37. The van der Waals surface area contributed by atoms with E-state index in [0.717, 1.165) is 17.4 Å². The van der Waals surface area contributed by atoms with Crippen molar-refractivity contribution in [3.05, 3.63) is 65.7 Å². The van der Waals surface area contributed by atoms with Crippen molar-refractivity contribution in [2.75, 3.05) is 37.6 Å². The molecule has 0 bridgehead atoms. The number of nitrogens with zero attached hydrogens (tertiary/aromatic N) is 5. The summed E-state index contributed by atoms with van der Waals surface area (Å²) >= 11 is 0. The minimum absolute atomic E-state index is 0.0923. The Bertz CT molecular complexity index is 1570. The van der Waals surface area contributed by atoms with E-state index in [1.807, 2.05) is 6.92 Å². The molecule has 2 N–H and O–H groups in total. The van der Waals surface area contributed by atoms with Crippen molar-refractivity contribution >= 4 is 23.4 Å². The molecule has 1 amide bonds. The van der Waals surface area contributed by atoms with Crippen LogP contribution in [0.4, 0.5) is 35.0 Å². The van der Waals surface area contributed by atoms with Crippen LogP contribution in [0.25, 0.3) is 11.1 Å². The van der Waals surface area contributed by atoms with E-state index in [2.05, 4.69) is 30.9 Å². The molecule has 1 fully saturated rings. The number of carbonyl (C=O) groups is 1. The van der Waals surface area contributed by atoms with Crippen LogP contribution in [0.2, 0.25) is 0 Å². The van der Waals surface area contributed by atoms with Crippen LogP contribution in [-0.4, -0.2) is 63.9 Å². The second-order valence-electron chi connectivity index (χ2n) is 10.1. The van der Waals surface area contributed by atoms with Crippen molar-refractivity contribution in [1.82, 2.24) is 24.9 Å². The molecule has 3 heterocycles. The zero-order valence-corrected chi connectivity index (χ0v) is 23.4. The third-order valence-corrected chi connectivity index (χ3v) is 7.16. The molecule has 0 aliphatic heterocycles. The summed E-state index contributed by atoms with van der Waals surface area (Å²) in [5.41, 5.74) is 0.693. The van der Waals surface area contributed by atoms with Gasteiger partial charge in [0.05, 0.1) is 50.4 Å². The van der Waals surface area contributed by atoms with Crippen LogP contribution >= 0.6 is 0 Å². The van der Waals surface area contributed by atoms with Gasteiger partial charge in [0, 0.05) is 31.1 Å². The molecular formula is C28H29F4N7O4. The van der Waals surface area contributed by atoms with E-state index >= 15 is 0 Å². The predicted octanol–water partition coefficient (Wildman–Crippen LogP) is 4.96. The van der Waals surface area contributed by atoms with Crippen LogP contribution in [0.1, 0.15) is 29.9 Å². The number of alkyl halides is 3. The molecule has 0 radical (unpaired) electrons. The number of hydrogen-bond donors (Lipinski definition) is 2. The summed E-state index contributed by atoms with van der Waals surface area (Å²) in [6.45, 7) is 4.00. The SMILES string of the molecule is COCCOCCn1ncc(Nc2ncc(-c3ccc(CC(=O)Nc4cc(C5(C(F)(F)F)CC5)on4)c(F)c3)cn2)c1C. The first kappa shape index (κ1) is 30.1. The molecule has 0 atom stereocenters. The van der Waals surface area contributed by atoms with Crippen molar-refractivity contribution in [3.63, 3.8) is 0 Å². The highest BCUT2D eigenvalue weighted by atomic mass is 19.4. The number of nitrogens with one attached hydrogen (secondary N) is 2. The van der Waals surface area contributed by atoms with Gasteiger partial charge in [-0.25, -0.2) is 14.4 Å². The van der Waals surface area contributed by atoms with E-state index in [0.29, 0.717) is 43.4 Å². The summed E-state index contributed by atoms with van der Waals surface area (Å²) in [4.78, 5) is 21.1. The Morgan fingerprint density at radius 1 is 1.09 bits per heavy atom. The first-order valence-corrected chi connectivity index (χ1v) is 13.4. The number of carbonyl (C=O) groups excluding carboxylic acids is 1. The molecule has 4 aromatic rings. The lowest BCUT2D eigenvalue weighted by Gasteiger charge is -2.14. The number of ether oxygens (including phenoxy) is 2. The number of benzene rings is 1. The standard InChI is InChI=1S/C28H29F4N7O4/c1-17-22(16-35-39(17)7-8-42-10-9-41-2)36-26-33-14-20(15-34-26)18-3-4-19(21(29)11-18)12-25(40)37-24-13-23(43-38-24)27(5-6-27)28(30,31)32/h3-4,11,13-16H,5-10,12H2,1-2H3,(H,33,34,36)(H,37,38,40). The van der Waals surface area contributed by atoms with Crippen LogP contribution in [-0.2, 0) is 32.6 Å². The van der Waals surface area contributed by atoms with Crippen molar-refractivity contribution < 1.29 is 36.4 Å². The quantitative estimate of drug-likeness (QED) is 0.161. The zero-order valence-electron chi connectivity index (χ0n) is 23.4. The highest BCUT2D eigenvalue weighted by Gasteiger charge is 2.66. The van der Waals surface area contributed by atoms with Gasteiger partial charge in [0.2, 0.25) is 11.9 Å². The van der Waals surface area contributed by atoms with E-state index in [4.69, 9.17) is 14.0 Å². The maximum Gasteiger partial charge on any atom is 0.401 e. The average Bonchev–Trinajstić information content (AvgIpc) is 3.57. The van der Waals surface area contributed by atoms with Gasteiger partial charge in [-0.15, -0.1) is 0 Å². The van der Waals surface area contributed by atoms with Crippen molar-refractivity contribution in [1.29, 1.82) is 0 Å². The van der Waals surface area contributed by atoms with Gasteiger partial charge < -0.3 is 24.6 Å².